The maximum atomic E-state index is 12.4. The van der Waals surface area contributed by atoms with Gasteiger partial charge in [0.15, 0.2) is 0 Å². The first-order valence-corrected chi connectivity index (χ1v) is 7.22. The molecule has 2 rings (SSSR count). The Labute approximate surface area is 107 Å². The SMILES string of the molecule is COc1ccc(C)cc1S(=O)(=O)N1CCC(O)C1. The minimum absolute atomic E-state index is 0.152. The van der Waals surface area contributed by atoms with E-state index in [1.807, 2.05) is 6.92 Å². The van der Waals surface area contributed by atoms with Gasteiger partial charge in [0.05, 0.1) is 13.2 Å². The van der Waals surface area contributed by atoms with E-state index in [1.54, 1.807) is 18.2 Å². The molecule has 1 saturated heterocycles. The summed E-state index contributed by atoms with van der Waals surface area (Å²) >= 11 is 0. The second-order valence-electron chi connectivity index (χ2n) is 4.46. The fourth-order valence-electron chi connectivity index (χ4n) is 2.05. The van der Waals surface area contributed by atoms with Crippen LogP contribution in [0.25, 0.3) is 0 Å². The molecule has 0 saturated carbocycles. The first kappa shape index (κ1) is 13.3. The number of rotatable bonds is 3. The summed E-state index contributed by atoms with van der Waals surface area (Å²) in [6, 6.07) is 5.05. The van der Waals surface area contributed by atoms with Crippen molar-refractivity contribution < 1.29 is 18.3 Å². The molecule has 1 fully saturated rings. The summed E-state index contributed by atoms with van der Waals surface area (Å²) in [6.07, 6.45) is -0.0940. The van der Waals surface area contributed by atoms with Crippen LogP contribution in [0.15, 0.2) is 23.1 Å². The molecule has 0 spiro atoms. The van der Waals surface area contributed by atoms with Crippen LogP contribution in [0.4, 0.5) is 0 Å². The lowest BCUT2D eigenvalue weighted by Gasteiger charge is -2.18. The number of hydrogen-bond donors (Lipinski definition) is 1. The predicted octanol–water partition coefficient (Wildman–Crippen LogP) is 0.759. The van der Waals surface area contributed by atoms with Crippen molar-refractivity contribution in [1.29, 1.82) is 0 Å². The number of ether oxygens (including phenoxy) is 1. The monoisotopic (exact) mass is 271 g/mol. The van der Waals surface area contributed by atoms with Crippen molar-refractivity contribution >= 4 is 10.0 Å². The highest BCUT2D eigenvalue weighted by Crippen LogP contribution is 2.29. The minimum Gasteiger partial charge on any atom is -0.495 e. The molecular formula is C12H17NO4S. The van der Waals surface area contributed by atoms with Crippen molar-refractivity contribution in [3.63, 3.8) is 0 Å². The van der Waals surface area contributed by atoms with Gasteiger partial charge < -0.3 is 9.84 Å². The number of hydrogen-bond acceptors (Lipinski definition) is 4. The molecule has 5 nitrogen and oxygen atoms in total. The molecule has 1 atom stereocenters. The Hall–Kier alpha value is -1.11. The van der Waals surface area contributed by atoms with Crippen molar-refractivity contribution in [2.24, 2.45) is 0 Å². The average Bonchev–Trinajstić information content (AvgIpc) is 2.76. The third-order valence-electron chi connectivity index (χ3n) is 3.06. The first-order valence-electron chi connectivity index (χ1n) is 5.78. The molecule has 1 aromatic carbocycles. The number of benzene rings is 1. The van der Waals surface area contributed by atoms with Crippen molar-refractivity contribution in [3.8, 4) is 5.75 Å². The number of aryl methyl sites for hydroxylation is 1. The Bertz CT molecular complexity index is 541. The number of methoxy groups -OCH3 is 1. The Morgan fingerprint density at radius 3 is 2.72 bits per heavy atom. The number of aliphatic hydroxyl groups is 1. The summed E-state index contributed by atoms with van der Waals surface area (Å²) in [7, 11) is -2.14. The topological polar surface area (TPSA) is 66.8 Å². The molecule has 1 unspecified atom stereocenters. The molecule has 100 valence electrons. The fraction of sp³-hybridized carbons (Fsp3) is 0.500. The second kappa shape index (κ2) is 4.87. The molecule has 0 aliphatic carbocycles. The molecule has 1 aliphatic heterocycles. The quantitative estimate of drug-likeness (QED) is 0.881. The van der Waals surface area contributed by atoms with Crippen LogP contribution in [0, 0.1) is 6.92 Å². The number of nitrogens with zero attached hydrogens (tertiary/aromatic N) is 1. The van der Waals surface area contributed by atoms with E-state index < -0.39 is 16.1 Å². The molecule has 1 aliphatic rings. The van der Waals surface area contributed by atoms with E-state index >= 15 is 0 Å². The van der Waals surface area contributed by atoms with Crippen molar-refractivity contribution in [2.45, 2.75) is 24.3 Å². The summed E-state index contributed by atoms with van der Waals surface area (Å²) in [6.45, 7) is 2.33. The molecule has 1 heterocycles. The van der Waals surface area contributed by atoms with Crippen molar-refractivity contribution in [3.05, 3.63) is 23.8 Å². The standard InChI is InChI=1S/C12H17NO4S/c1-9-3-4-11(17-2)12(7-9)18(15,16)13-6-5-10(14)8-13/h3-4,7,10,14H,5-6,8H2,1-2H3. The Balaban J connectivity index is 2.43. The van der Waals surface area contributed by atoms with Gasteiger partial charge in [0.25, 0.3) is 0 Å². The van der Waals surface area contributed by atoms with Gasteiger partial charge in [0.2, 0.25) is 10.0 Å². The first-order chi connectivity index (χ1) is 8.45. The predicted molar refractivity (Wildman–Crippen MR) is 67.1 cm³/mol. The lowest BCUT2D eigenvalue weighted by molar-refractivity contribution is 0.189. The number of sulfonamides is 1. The largest absolute Gasteiger partial charge is 0.495 e. The summed E-state index contributed by atoms with van der Waals surface area (Å²) < 4.78 is 31.3. The van der Waals surface area contributed by atoms with Crippen LogP contribution in [0.2, 0.25) is 0 Å². The minimum atomic E-state index is -3.59. The zero-order chi connectivity index (χ0) is 13.3. The van der Waals surface area contributed by atoms with E-state index in [2.05, 4.69) is 0 Å². The highest BCUT2D eigenvalue weighted by molar-refractivity contribution is 7.89. The van der Waals surface area contributed by atoms with Gasteiger partial charge in [-0.15, -0.1) is 0 Å². The highest BCUT2D eigenvalue weighted by atomic mass is 32.2. The van der Waals surface area contributed by atoms with Crippen LogP contribution in [0.5, 0.6) is 5.75 Å². The second-order valence-corrected chi connectivity index (χ2v) is 6.37. The van der Waals surface area contributed by atoms with E-state index in [4.69, 9.17) is 4.74 Å². The molecule has 0 bridgehead atoms. The number of aliphatic hydroxyl groups excluding tert-OH is 1. The highest BCUT2D eigenvalue weighted by Gasteiger charge is 2.33. The van der Waals surface area contributed by atoms with E-state index in [0.29, 0.717) is 18.7 Å². The van der Waals surface area contributed by atoms with Crippen LogP contribution in [0.1, 0.15) is 12.0 Å². The zero-order valence-corrected chi connectivity index (χ0v) is 11.3. The summed E-state index contributed by atoms with van der Waals surface area (Å²) in [5.41, 5.74) is 0.856. The molecule has 0 radical (unpaired) electrons. The summed E-state index contributed by atoms with van der Waals surface area (Å²) in [4.78, 5) is 0.166. The van der Waals surface area contributed by atoms with E-state index in [-0.39, 0.29) is 11.4 Å². The third kappa shape index (κ3) is 2.36. The third-order valence-corrected chi connectivity index (χ3v) is 4.95. The lowest BCUT2D eigenvalue weighted by Crippen LogP contribution is -2.30. The van der Waals surface area contributed by atoms with Gasteiger partial charge in [-0.05, 0) is 31.0 Å². The molecular weight excluding hydrogens is 254 g/mol. The van der Waals surface area contributed by atoms with Gasteiger partial charge in [-0.25, -0.2) is 8.42 Å². The van der Waals surface area contributed by atoms with E-state index in [0.717, 1.165) is 5.56 Å². The molecule has 1 aromatic rings. The van der Waals surface area contributed by atoms with Crippen LogP contribution >= 0.6 is 0 Å². The van der Waals surface area contributed by atoms with Crippen LogP contribution in [-0.4, -0.2) is 44.1 Å². The number of β-amino-alcohol motifs (C(OH)–C–C–N with tert-alkyl or cyclic N) is 1. The summed E-state index contributed by atoms with van der Waals surface area (Å²) in [5, 5.41) is 9.45. The molecule has 6 heteroatoms. The molecule has 0 aromatic heterocycles. The van der Waals surface area contributed by atoms with Gasteiger partial charge in [-0.2, -0.15) is 4.31 Å². The van der Waals surface area contributed by atoms with Gasteiger partial charge in [-0.3, -0.25) is 0 Å². The van der Waals surface area contributed by atoms with Crippen LogP contribution < -0.4 is 4.74 Å². The smallest absolute Gasteiger partial charge is 0.246 e. The summed E-state index contributed by atoms with van der Waals surface area (Å²) in [5.74, 6) is 0.335. The van der Waals surface area contributed by atoms with Gasteiger partial charge >= 0.3 is 0 Å². The Morgan fingerprint density at radius 1 is 1.44 bits per heavy atom. The Morgan fingerprint density at radius 2 is 2.17 bits per heavy atom. The van der Waals surface area contributed by atoms with E-state index in [9.17, 15) is 13.5 Å². The average molecular weight is 271 g/mol. The maximum absolute atomic E-state index is 12.4. The van der Waals surface area contributed by atoms with Gasteiger partial charge in [-0.1, -0.05) is 6.07 Å². The maximum Gasteiger partial charge on any atom is 0.246 e. The zero-order valence-electron chi connectivity index (χ0n) is 10.5. The Kier molecular flexibility index (Phi) is 3.61. The lowest BCUT2D eigenvalue weighted by atomic mass is 10.2. The normalized spacial score (nSPS) is 21.2. The van der Waals surface area contributed by atoms with Crippen LogP contribution in [-0.2, 0) is 10.0 Å². The van der Waals surface area contributed by atoms with Gasteiger partial charge in [0, 0.05) is 13.1 Å². The van der Waals surface area contributed by atoms with Gasteiger partial charge in [0.1, 0.15) is 10.6 Å². The fourth-order valence-corrected chi connectivity index (χ4v) is 3.79. The molecule has 18 heavy (non-hydrogen) atoms. The van der Waals surface area contributed by atoms with Crippen LogP contribution in [0.3, 0.4) is 0 Å². The van der Waals surface area contributed by atoms with E-state index in [1.165, 1.54) is 11.4 Å². The van der Waals surface area contributed by atoms with Crippen molar-refractivity contribution in [2.75, 3.05) is 20.2 Å². The molecule has 0 amide bonds. The molecule has 1 N–H and O–H groups in total. The van der Waals surface area contributed by atoms with Crippen molar-refractivity contribution in [1.82, 2.24) is 4.31 Å².